The van der Waals surface area contributed by atoms with Crippen LogP contribution in [0.4, 0.5) is 0 Å². The maximum absolute atomic E-state index is 12.6. The number of piperidine rings is 1. The summed E-state index contributed by atoms with van der Waals surface area (Å²) in [5.74, 6) is 0.145. The second kappa shape index (κ2) is 9.71. The minimum absolute atomic E-state index is 0.162. The number of nitrogens with zero attached hydrogens (tertiary/aromatic N) is 3. The van der Waals surface area contributed by atoms with Gasteiger partial charge in [-0.05, 0) is 61.7 Å². The first-order valence-corrected chi connectivity index (χ1v) is 11.2. The fourth-order valence-corrected chi connectivity index (χ4v) is 4.39. The van der Waals surface area contributed by atoms with Gasteiger partial charge in [0.05, 0.1) is 11.0 Å². The summed E-state index contributed by atoms with van der Waals surface area (Å²) in [6.45, 7) is 3.26. The molecule has 0 spiro atoms. The summed E-state index contributed by atoms with van der Waals surface area (Å²) in [6.07, 6.45) is 2.01. The first-order chi connectivity index (χ1) is 15.4. The summed E-state index contributed by atoms with van der Waals surface area (Å²) in [6, 6.07) is 15.0. The van der Waals surface area contributed by atoms with Crippen LogP contribution in [-0.2, 0) is 24.9 Å². The molecule has 0 saturated carbocycles. The Morgan fingerprint density at radius 1 is 1.00 bits per heavy atom. The Balaban J connectivity index is 1.31. The van der Waals surface area contributed by atoms with Gasteiger partial charge in [-0.25, -0.2) is 0 Å². The monoisotopic (exact) mass is 454 g/mol. The van der Waals surface area contributed by atoms with Gasteiger partial charge in [0.25, 0.3) is 0 Å². The SMILES string of the molecule is Cn1c(=O)c(=O)n(CC(=O)NCC2CCN(Cc3ccc(Cl)cc3)CC2)c2ccccc21. The summed E-state index contributed by atoms with van der Waals surface area (Å²) >= 11 is 5.95. The molecule has 1 aliphatic rings. The number of nitrogens with one attached hydrogen (secondary N) is 1. The average molecular weight is 455 g/mol. The smallest absolute Gasteiger partial charge is 0.317 e. The minimum Gasteiger partial charge on any atom is -0.354 e. The van der Waals surface area contributed by atoms with Gasteiger partial charge in [-0.3, -0.25) is 23.9 Å². The highest BCUT2D eigenvalue weighted by atomic mass is 35.5. The number of hydrogen-bond donors (Lipinski definition) is 1. The molecule has 0 aliphatic carbocycles. The summed E-state index contributed by atoms with van der Waals surface area (Å²) in [5, 5.41) is 3.70. The van der Waals surface area contributed by atoms with Crippen LogP contribution in [0.3, 0.4) is 0 Å². The lowest BCUT2D eigenvalue weighted by molar-refractivity contribution is -0.121. The van der Waals surface area contributed by atoms with E-state index in [0.717, 1.165) is 37.5 Å². The molecule has 1 amide bonds. The predicted octanol–water partition coefficient (Wildman–Crippen LogP) is 2.38. The highest BCUT2D eigenvalue weighted by molar-refractivity contribution is 6.30. The number of aryl methyl sites for hydroxylation is 1. The molecule has 2 aromatic carbocycles. The van der Waals surface area contributed by atoms with Crippen LogP contribution in [0.15, 0.2) is 58.1 Å². The molecular weight excluding hydrogens is 428 g/mol. The third kappa shape index (κ3) is 4.95. The molecule has 1 fully saturated rings. The van der Waals surface area contributed by atoms with Crippen LogP contribution < -0.4 is 16.4 Å². The Labute approximate surface area is 191 Å². The second-order valence-corrected chi connectivity index (χ2v) is 8.83. The highest BCUT2D eigenvalue weighted by Gasteiger charge is 2.20. The van der Waals surface area contributed by atoms with Crippen molar-refractivity contribution in [1.29, 1.82) is 0 Å². The van der Waals surface area contributed by atoms with Gasteiger partial charge in [0, 0.05) is 25.2 Å². The van der Waals surface area contributed by atoms with E-state index in [1.807, 2.05) is 12.1 Å². The van der Waals surface area contributed by atoms with Crippen molar-refractivity contribution in [2.45, 2.75) is 25.9 Å². The van der Waals surface area contributed by atoms with Crippen molar-refractivity contribution >= 4 is 28.5 Å². The highest BCUT2D eigenvalue weighted by Crippen LogP contribution is 2.19. The van der Waals surface area contributed by atoms with Crippen LogP contribution in [0.5, 0.6) is 0 Å². The summed E-state index contributed by atoms with van der Waals surface area (Å²) < 4.78 is 2.59. The van der Waals surface area contributed by atoms with Gasteiger partial charge in [0.1, 0.15) is 6.54 Å². The topological polar surface area (TPSA) is 76.3 Å². The molecule has 168 valence electrons. The van der Waals surface area contributed by atoms with Crippen molar-refractivity contribution in [3.63, 3.8) is 0 Å². The lowest BCUT2D eigenvalue weighted by Gasteiger charge is -2.32. The van der Waals surface area contributed by atoms with Crippen molar-refractivity contribution in [3.8, 4) is 0 Å². The number of para-hydroxylation sites is 2. The maximum Gasteiger partial charge on any atom is 0.317 e. The van der Waals surface area contributed by atoms with Crippen LogP contribution >= 0.6 is 11.6 Å². The number of carbonyl (C=O) groups excluding carboxylic acids is 1. The van der Waals surface area contributed by atoms with E-state index >= 15 is 0 Å². The van der Waals surface area contributed by atoms with Gasteiger partial charge < -0.3 is 9.88 Å². The molecule has 32 heavy (non-hydrogen) atoms. The number of fused-ring (bicyclic) bond motifs is 1. The molecule has 0 unspecified atom stereocenters. The molecular formula is C24H27ClN4O3. The number of hydrogen-bond acceptors (Lipinski definition) is 4. The van der Waals surface area contributed by atoms with Gasteiger partial charge >= 0.3 is 11.1 Å². The van der Waals surface area contributed by atoms with E-state index in [1.165, 1.54) is 14.7 Å². The predicted molar refractivity (Wildman–Crippen MR) is 126 cm³/mol. The number of rotatable bonds is 6. The normalized spacial score (nSPS) is 15.2. The van der Waals surface area contributed by atoms with E-state index in [0.29, 0.717) is 23.5 Å². The van der Waals surface area contributed by atoms with Crippen LogP contribution in [0.1, 0.15) is 18.4 Å². The Kier molecular flexibility index (Phi) is 6.77. The number of benzene rings is 2. The molecule has 1 aliphatic heterocycles. The van der Waals surface area contributed by atoms with Crippen LogP contribution in [0.2, 0.25) is 5.02 Å². The Bertz CT molecular complexity index is 1220. The van der Waals surface area contributed by atoms with Gasteiger partial charge in [-0.2, -0.15) is 0 Å². The van der Waals surface area contributed by atoms with E-state index < -0.39 is 11.1 Å². The van der Waals surface area contributed by atoms with Crippen molar-refractivity contribution in [3.05, 3.63) is 79.8 Å². The van der Waals surface area contributed by atoms with E-state index in [9.17, 15) is 14.4 Å². The number of carbonyl (C=O) groups is 1. The van der Waals surface area contributed by atoms with E-state index in [-0.39, 0.29) is 12.5 Å². The van der Waals surface area contributed by atoms with Crippen molar-refractivity contribution in [2.75, 3.05) is 19.6 Å². The Morgan fingerprint density at radius 3 is 2.34 bits per heavy atom. The van der Waals surface area contributed by atoms with E-state index in [2.05, 4.69) is 22.3 Å². The molecule has 4 rings (SSSR count). The average Bonchev–Trinajstić information content (AvgIpc) is 2.81. The van der Waals surface area contributed by atoms with E-state index in [4.69, 9.17) is 11.6 Å². The zero-order chi connectivity index (χ0) is 22.7. The summed E-state index contributed by atoms with van der Waals surface area (Å²) in [4.78, 5) is 39.7. The van der Waals surface area contributed by atoms with Crippen molar-refractivity contribution in [2.24, 2.45) is 13.0 Å². The molecule has 0 radical (unpaired) electrons. The van der Waals surface area contributed by atoms with Gasteiger partial charge in [0.15, 0.2) is 0 Å². The first kappa shape index (κ1) is 22.3. The van der Waals surface area contributed by atoms with E-state index in [1.54, 1.807) is 31.3 Å². The lowest BCUT2D eigenvalue weighted by atomic mass is 9.96. The Morgan fingerprint density at radius 2 is 1.66 bits per heavy atom. The Hall–Kier alpha value is -2.90. The zero-order valence-electron chi connectivity index (χ0n) is 18.1. The second-order valence-electron chi connectivity index (χ2n) is 8.39. The zero-order valence-corrected chi connectivity index (χ0v) is 18.8. The minimum atomic E-state index is -0.683. The number of likely N-dealkylation sites (tertiary alicyclic amines) is 1. The van der Waals surface area contributed by atoms with Gasteiger partial charge in [-0.1, -0.05) is 35.9 Å². The molecule has 0 atom stereocenters. The van der Waals surface area contributed by atoms with Crippen LogP contribution in [0.25, 0.3) is 11.0 Å². The quantitative estimate of drug-likeness (QED) is 0.580. The standard InChI is InChI=1S/C24H27ClN4O3/c1-27-20-4-2-3-5-21(20)29(24(32)23(27)31)16-22(30)26-14-17-10-12-28(13-11-17)15-18-6-8-19(25)9-7-18/h2-9,17H,10-16H2,1H3,(H,26,30). The largest absolute Gasteiger partial charge is 0.354 e. The fourth-order valence-electron chi connectivity index (χ4n) is 4.27. The summed E-state index contributed by atoms with van der Waals surface area (Å²) in [5.41, 5.74) is 1.12. The van der Waals surface area contributed by atoms with Crippen LogP contribution in [0, 0.1) is 5.92 Å². The van der Waals surface area contributed by atoms with Gasteiger partial charge in [0.2, 0.25) is 5.91 Å². The molecule has 1 aromatic heterocycles. The van der Waals surface area contributed by atoms with Crippen molar-refractivity contribution in [1.82, 2.24) is 19.4 Å². The molecule has 7 nitrogen and oxygen atoms in total. The molecule has 0 bridgehead atoms. The van der Waals surface area contributed by atoms with Crippen molar-refractivity contribution < 1.29 is 4.79 Å². The molecule has 1 saturated heterocycles. The molecule has 8 heteroatoms. The first-order valence-electron chi connectivity index (χ1n) is 10.8. The number of aromatic nitrogens is 2. The fraction of sp³-hybridized carbons (Fsp3) is 0.375. The molecule has 3 aromatic rings. The lowest BCUT2D eigenvalue weighted by Crippen LogP contribution is -2.44. The van der Waals surface area contributed by atoms with Crippen LogP contribution in [-0.4, -0.2) is 39.6 Å². The molecule has 1 N–H and O–H groups in total. The third-order valence-corrected chi connectivity index (χ3v) is 6.43. The van der Waals surface area contributed by atoms with Gasteiger partial charge in [-0.15, -0.1) is 0 Å². The third-order valence-electron chi connectivity index (χ3n) is 6.18. The number of amides is 1. The maximum atomic E-state index is 12.6. The number of halogens is 1. The summed E-state index contributed by atoms with van der Waals surface area (Å²) in [7, 11) is 1.57. The molecule has 2 heterocycles.